The summed E-state index contributed by atoms with van der Waals surface area (Å²) in [6, 6.07) is 0. The van der Waals surface area contributed by atoms with Crippen molar-refractivity contribution >= 4 is 72.8 Å². The molecule has 0 aromatic rings. The van der Waals surface area contributed by atoms with Crippen LogP contribution in [0.4, 0.5) is 0 Å². The highest BCUT2D eigenvalue weighted by Gasteiger charge is 2.15. The van der Waals surface area contributed by atoms with Gasteiger partial charge in [0.05, 0.1) is 36.1 Å². The zero-order chi connectivity index (χ0) is 28.8. The molecular formula is C21H36N5O8S4-3. The van der Waals surface area contributed by atoms with Crippen LogP contribution in [0.25, 0.3) is 0 Å². The predicted molar refractivity (Wildman–Crippen MR) is 147 cm³/mol. The minimum absolute atomic E-state index is 0.0366. The van der Waals surface area contributed by atoms with Crippen LogP contribution in [0.2, 0.25) is 0 Å². The summed E-state index contributed by atoms with van der Waals surface area (Å²) in [5, 5.41) is 40.0. The molecule has 0 radical (unpaired) electrons. The third kappa shape index (κ3) is 23.9. The fourth-order valence-corrected chi connectivity index (χ4v) is 8.22. The van der Waals surface area contributed by atoms with Crippen molar-refractivity contribution in [3.63, 3.8) is 0 Å². The Morgan fingerprint density at radius 1 is 0.632 bits per heavy atom. The van der Waals surface area contributed by atoms with Crippen LogP contribution in [0.1, 0.15) is 6.92 Å². The van der Waals surface area contributed by atoms with E-state index in [2.05, 4.69) is 10.6 Å². The largest absolute Gasteiger partial charge is 0.549 e. The topological polar surface area (TPSA) is 188 Å². The molecule has 0 aliphatic carbocycles. The molecule has 0 saturated heterocycles. The number of carbonyl (C=O) groups is 5. The van der Waals surface area contributed by atoms with E-state index < -0.39 is 37.5 Å². The van der Waals surface area contributed by atoms with Crippen LogP contribution in [0.5, 0.6) is 0 Å². The number of ketones is 1. The SMILES string of the molecule is CNCCSSCSSCCNC(=O)CN(CCN(CCN(CC(C)=O)CC(=O)[O-])CC(=O)[O-])CC(=O)[O-]. The summed E-state index contributed by atoms with van der Waals surface area (Å²) in [5.41, 5.74) is 0. The fourth-order valence-electron chi connectivity index (χ4n) is 2.97. The molecule has 0 saturated carbocycles. The van der Waals surface area contributed by atoms with Gasteiger partial charge in [-0.3, -0.25) is 24.3 Å². The summed E-state index contributed by atoms with van der Waals surface area (Å²) < 4.78 is 0. The third-order valence-electron chi connectivity index (χ3n) is 4.54. The van der Waals surface area contributed by atoms with Crippen LogP contribution < -0.4 is 26.0 Å². The Kier molecular flexibility index (Phi) is 22.9. The molecule has 0 aromatic heterocycles. The molecule has 0 spiro atoms. The first-order chi connectivity index (χ1) is 18.0. The van der Waals surface area contributed by atoms with Crippen LogP contribution in [-0.2, 0) is 24.0 Å². The van der Waals surface area contributed by atoms with E-state index in [1.165, 1.54) is 21.6 Å². The molecule has 38 heavy (non-hydrogen) atoms. The summed E-state index contributed by atoms with van der Waals surface area (Å²) in [4.78, 5) is 61.0. The monoisotopic (exact) mass is 614 g/mol. The Balaban J connectivity index is 4.60. The lowest BCUT2D eigenvalue weighted by atomic mass is 10.3. The minimum atomic E-state index is -1.39. The number of aliphatic carboxylic acids is 3. The van der Waals surface area contributed by atoms with Gasteiger partial charge in [0.2, 0.25) is 5.91 Å². The van der Waals surface area contributed by atoms with Crippen molar-refractivity contribution in [2.75, 3.05) is 95.6 Å². The van der Waals surface area contributed by atoms with Gasteiger partial charge in [-0.25, -0.2) is 0 Å². The molecule has 17 heteroatoms. The molecule has 0 rings (SSSR count). The molecule has 0 aliphatic heterocycles. The highest BCUT2D eigenvalue weighted by molar-refractivity contribution is 8.85. The molecule has 1 amide bonds. The summed E-state index contributed by atoms with van der Waals surface area (Å²) in [7, 11) is 8.77. The maximum atomic E-state index is 12.3. The van der Waals surface area contributed by atoms with Crippen molar-refractivity contribution in [2.24, 2.45) is 0 Å². The lowest BCUT2D eigenvalue weighted by Gasteiger charge is -2.30. The van der Waals surface area contributed by atoms with Gasteiger partial charge in [0.25, 0.3) is 0 Å². The van der Waals surface area contributed by atoms with E-state index in [0.29, 0.717) is 12.3 Å². The summed E-state index contributed by atoms with van der Waals surface area (Å²) in [6.07, 6.45) is 0. The molecule has 0 bridgehead atoms. The van der Waals surface area contributed by atoms with Crippen LogP contribution in [-0.4, -0.2) is 140 Å². The van der Waals surface area contributed by atoms with Gasteiger partial charge in [0.15, 0.2) is 0 Å². The zero-order valence-corrected chi connectivity index (χ0v) is 24.9. The van der Waals surface area contributed by atoms with E-state index in [4.69, 9.17) is 0 Å². The molecule has 13 nitrogen and oxygen atoms in total. The van der Waals surface area contributed by atoms with Gasteiger partial charge < -0.3 is 40.3 Å². The van der Waals surface area contributed by atoms with Gasteiger partial charge in [0, 0.05) is 70.4 Å². The summed E-state index contributed by atoms with van der Waals surface area (Å²) >= 11 is 0. The average Bonchev–Trinajstić information content (AvgIpc) is 2.80. The second-order valence-corrected chi connectivity index (χ2v) is 13.5. The Morgan fingerprint density at radius 2 is 1.08 bits per heavy atom. The number of hydrogen-bond acceptors (Lipinski definition) is 16. The second-order valence-electron chi connectivity index (χ2n) is 7.97. The Bertz CT molecular complexity index is 722. The number of carboxylic acids is 3. The molecule has 220 valence electrons. The average molecular weight is 615 g/mol. The van der Waals surface area contributed by atoms with Gasteiger partial charge in [-0.2, -0.15) is 0 Å². The van der Waals surface area contributed by atoms with E-state index in [1.54, 1.807) is 43.2 Å². The van der Waals surface area contributed by atoms with Gasteiger partial charge in [-0.05, 0) is 14.0 Å². The van der Waals surface area contributed by atoms with E-state index in [0.717, 1.165) is 17.4 Å². The number of hydrogen-bond donors (Lipinski definition) is 2. The van der Waals surface area contributed by atoms with Crippen molar-refractivity contribution in [3.8, 4) is 0 Å². The van der Waals surface area contributed by atoms with Crippen LogP contribution in [0.3, 0.4) is 0 Å². The first-order valence-corrected chi connectivity index (χ1v) is 16.7. The van der Waals surface area contributed by atoms with Gasteiger partial charge >= 0.3 is 0 Å². The van der Waals surface area contributed by atoms with Crippen molar-refractivity contribution in [1.29, 1.82) is 0 Å². The Labute approximate surface area is 239 Å². The third-order valence-corrected chi connectivity index (χ3v) is 10.1. The lowest BCUT2D eigenvalue weighted by Crippen LogP contribution is -2.49. The van der Waals surface area contributed by atoms with Gasteiger partial charge in [-0.15, -0.1) is 0 Å². The van der Waals surface area contributed by atoms with Gasteiger partial charge in [0.1, 0.15) is 5.78 Å². The zero-order valence-electron chi connectivity index (χ0n) is 21.6. The molecule has 0 unspecified atom stereocenters. The van der Waals surface area contributed by atoms with Crippen LogP contribution >= 0.6 is 43.2 Å². The van der Waals surface area contributed by atoms with Crippen molar-refractivity contribution in [3.05, 3.63) is 0 Å². The van der Waals surface area contributed by atoms with Crippen molar-refractivity contribution < 1.29 is 39.3 Å². The lowest BCUT2D eigenvalue weighted by molar-refractivity contribution is -0.308. The molecular weight excluding hydrogens is 579 g/mol. The number of nitrogens with one attached hydrogen (secondary N) is 2. The minimum Gasteiger partial charge on any atom is -0.549 e. The number of carboxylic acid groups (broad SMARTS) is 3. The Hall–Kier alpha value is -1.21. The standard InChI is InChI=1S/C21H39N5O8S4/c1-17(27)11-25(14-20(31)32)7-5-24(13-19(29)30)6-8-26(15-21(33)34)12-18(28)23-4-10-36-38-16-37-35-9-3-22-2/h22H,3-16H2,1-2H3,(H,23,28)(H,29,30)(H,31,32)(H,33,34)/p-3. The first-order valence-electron chi connectivity index (χ1n) is 11.7. The smallest absolute Gasteiger partial charge is 0.234 e. The van der Waals surface area contributed by atoms with E-state index in [-0.39, 0.29) is 51.0 Å². The fraction of sp³-hybridized carbons (Fsp3) is 0.762. The quantitative estimate of drug-likeness (QED) is 0.0541. The van der Waals surface area contributed by atoms with Crippen molar-refractivity contribution in [2.45, 2.75) is 6.92 Å². The predicted octanol–water partition coefficient (Wildman–Crippen LogP) is -4.21. The highest BCUT2D eigenvalue weighted by Crippen LogP contribution is 2.31. The number of carbonyl (C=O) groups excluding carboxylic acids is 5. The van der Waals surface area contributed by atoms with Crippen molar-refractivity contribution in [1.82, 2.24) is 25.3 Å². The first kappa shape index (κ1) is 36.8. The highest BCUT2D eigenvalue weighted by atomic mass is 33.1. The molecule has 0 fully saturated rings. The van der Waals surface area contributed by atoms with Crippen LogP contribution in [0.15, 0.2) is 0 Å². The molecule has 2 N–H and O–H groups in total. The van der Waals surface area contributed by atoms with E-state index in [9.17, 15) is 39.3 Å². The van der Waals surface area contributed by atoms with E-state index >= 15 is 0 Å². The van der Waals surface area contributed by atoms with Gasteiger partial charge in [-0.1, -0.05) is 43.2 Å². The number of nitrogens with zero attached hydrogens (tertiary/aromatic N) is 3. The normalized spacial score (nSPS) is 11.3. The van der Waals surface area contributed by atoms with Crippen LogP contribution in [0, 0.1) is 0 Å². The second kappa shape index (κ2) is 23.7. The molecule has 0 heterocycles. The Morgan fingerprint density at radius 3 is 1.55 bits per heavy atom. The maximum Gasteiger partial charge on any atom is 0.234 e. The summed E-state index contributed by atoms with van der Waals surface area (Å²) in [6.45, 7) is 1.01. The maximum absolute atomic E-state index is 12.3. The number of rotatable bonds is 26. The van der Waals surface area contributed by atoms with E-state index in [1.807, 2.05) is 7.05 Å². The molecule has 0 aliphatic rings. The number of Topliss-reactive ketones (excluding diaryl/α,β-unsaturated/α-hetero) is 1. The molecule has 0 atom stereocenters. The summed E-state index contributed by atoms with van der Waals surface area (Å²) in [5.74, 6) is -3.07. The molecule has 0 aromatic carbocycles. The number of amides is 1.